The van der Waals surface area contributed by atoms with Crippen molar-refractivity contribution in [1.82, 2.24) is 14.5 Å². The van der Waals surface area contributed by atoms with Gasteiger partial charge in [0.2, 0.25) is 5.91 Å². The van der Waals surface area contributed by atoms with Gasteiger partial charge in [-0.2, -0.15) is 0 Å². The second-order valence-electron chi connectivity index (χ2n) is 9.65. The van der Waals surface area contributed by atoms with E-state index in [9.17, 15) is 13.6 Å². The molecular formula is C27H34F2N4O2. The molecule has 1 amide bonds. The van der Waals surface area contributed by atoms with Crippen molar-refractivity contribution in [2.24, 2.45) is 11.1 Å². The number of nitrogens with two attached hydrogens (primary N) is 1. The molecule has 6 nitrogen and oxygen atoms in total. The predicted molar refractivity (Wildman–Crippen MR) is 133 cm³/mol. The highest BCUT2D eigenvalue weighted by Crippen LogP contribution is 2.39. The molecule has 3 rings (SSSR count). The number of imidazole rings is 1. The summed E-state index contributed by atoms with van der Waals surface area (Å²) in [6.45, 7) is 5.47. The lowest BCUT2D eigenvalue weighted by atomic mass is 9.84. The molecule has 0 aliphatic carbocycles. The summed E-state index contributed by atoms with van der Waals surface area (Å²) in [7, 11) is 1.42. The number of methoxy groups -OCH3 is 1. The number of benzene rings is 2. The molecule has 2 N–H and O–H groups in total. The van der Waals surface area contributed by atoms with Crippen molar-refractivity contribution >= 4 is 5.91 Å². The van der Waals surface area contributed by atoms with Gasteiger partial charge in [-0.3, -0.25) is 4.79 Å². The Bertz CT molecular complexity index is 1110. The lowest BCUT2D eigenvalue weighted by Crippen LogP contribution is -2.47. The molecule has 0 fully saturated rings. The molecular weight excluding hydrogens is 450 g/mol. The molecule has 1 heterocycles. The summed E-state index contributed by atoms with van der Waals surface area (Å²) in [5.41, 5.74) is 7.08. The number of hydrogen-bond donors (Lipinski definition) is 1. The maximum absolute atomic E-state index is 14.6. The molecule has 0 saturated carbocycles. The monoisotopic (exact) mass is 484 g/mol. The Labute approximate surface area is 205 Å². The summed E-state index contributed by atoms with van der Waals surface area (Å²) in [5.74, 6) is -0.168. The summed E-state index contributed by atoms with van der Waals surface area (Å²) in [4.78, 5) is 19.5. The van der Waals surface area contributed by atoms with Crippen LogP contribution in [0.1, 0.15) is 38.2 Å². The first-order chi connectivity index (χ1) is 16.7. The van der Waals surface area contributed by atoms with Gasteiger partial charge in [0.15, 0.2) is 0 Å². The number of hydrogen-bond acceptors (Lipinski definition) is 4. The molecule has 3 aromatic rings. The SMILES string of the molecule is COCC(=O)N(C[C@@H](F)CN)[C@@H](c1nc(-c2ccccc2)cn1Cc1ccccc1F)C(C)(C)C. The molecule has 0 aliphatic rings. The minimum absolute atomic E-state index is 0.201. The third-order valence-electron chi connectivity index (χ3n) is 5.79. The zero-order valence-electron chi connectivity index (χ0n) is 20.7. The molecule has 2 aromatic carbocycles. The van der Waals surface area contributed by atoms with E-state index < -0.39 is 17.6 Å². The summed E-state index contributed by atoms with van der Waals surface area (Å²) in [5, 5.41) is 0. The van der Waals surface area contributed by atoms with Gasteiger partial charge in [0, 0.05) is 31.0 Å². The largest absolute Gasteiger partial charge is 0.375 e. The van der Waals surface area contributed by atoms with Gasteiger partial charge in [0.25, 0.3) is 0 Å². The van der Waals surface area contributed by atoms with E-state index in [1.807, 2.05) is 61.9 Å². The molecule has 0 bridgehead atoms. The van der Waals surface area contributed by atoms with E-state index in [4.69, 9.17) is 15.5 Å². The molecule has 0 aliphatic heterocycles. The van der Waals surface area contributed by atoms with Crippen LogP contribution < -0.4 is 5.73 Å². The van der Waals surface area contributed by atoms with Crippen LogP contribution in [0.3, 0.4) is 0 Å². The van der Waals surface area contributed by atoms with Crippen LogP contribution in [0.2, 0.25) is 0 Å². The van der Waals surface area contributed by atoms with Crippen LogP contribution in [0.5, 0.6) is 0 Å². The molecule has 35 heavy (non-hydrogen) atoms. The third-order valence-corrected chi connectivity index (χ3v) is 5.79. The van der Waals surface area contributed by atoms with Crippen LogP contribution >= 0.6 is 0 Å². The number of amides is 1. The molecule has 0 unspecified atom stereocenters. The van der Waals surface area contributed by atoms with Crippen LogP contribution in [-0.2, 0) is 16.1 Å². The number of carbonyl (C=O) groups excluding carboxylic acids is 1. The fraction of sp³-hybridized carbons (Fsp3) is 0.407. The number of halogens is 2. The van der Waals surface area contributed by atoms with Crippen molar-refractivity contribution in [1.29, 1.82) is 0 Å². The van der Waals surface area contributed by atoms with Gasteiger partial charge in [-0.25, -0.2) is 13.8 Å². The number of aromatic nitrogens is 2. The normalized spacial score (nSPS) is 13.5. The Morgan fingerprint density at radius 1 is 1.14 bits per heavy atom. The minimum Gasteiger partial charge on any atom is -0.375 e. The maximum atomic E-state index is 14.6. The Morgan fingerprint density at radius 2 is 1.80 bits per heavy atom. The Kier molecular flexibility index (Phi) is 8.75. The van der Waals surface area contributed by atoms with Crippen molar-refractivity contribution in [2.75, 3.05) is 26.8 Å². The van der Waals surface area contributed by atoms with Gasteiger partial charge < -0.3 is 19.9 Å². The Balaban J connectivity index is 2.19. The molecule has 188 valence electrons. The summed E-state index contributed by atoms with van der Waals surface area (Å²) >= 11 is 0. The predicted octanol–water partition coefficient (Wildman–Crippen LogP) is 4.60. The second kappa shape index (κ2) is 11.6. The zero-order valence-corrected chi connectivity index (χ0v) is 20.7. The molecule has 2 atom stereocenters. The van der Waals surface area contributed by atoms with Gasteiger partial charge >= 0.3 is 0 Å². The Hall–Kier alpha value is -3.10. The first kappa shape index (κ1) is 26.5. The van der Waals surface area contributed by atoms with E-state index in [0.29, 0.717) is 17.1 Å². The quantitative estimate of drug-likeness (QED) is 0.457. The zero-order chi connectivity index (χ0) is 25.6. The van der Waals surface area contributed by atoms with Crippen molar-refractivity contribution in [3.8, 4) is 11.3 Å². The fourth-order valence-corrected chi connectivity index (χ4v) is 4.17. The molecule has 0 radical (unpaired) electrons. The van der Waals surface area contributed by atoms with Crippen LogP contribution in [0.4, 0.5) is 8.78 Å². The van der Waals surface area contributed by atoms with Gasteiger partial charge in [-0.1, -0.05) is 69.3 Å². The fourth-order valence-electron chi connectivity index (χ4n) is 4.17. The lowest BCUT2D eigenvalue weighted by molar-refractivity contribution is -0.141. The first-order valence-electron chi connectivity index (χ1n) is 11.6. The van der Waals surface area contributed by atoms with Crippen LogP contribution in [0.25, 0.3) is 11.3 Å². The van der Waals surface area contributed by atoms with E-state index in [1.54, 1.807) is 18.2 Å². The maximum Gasteiger partial charge on any atom is 0.249 e. The lowest BCUT2D eigenvalue weighted by Gasteiger charge is -2.40. The molecule has 1 aromatic heterocycles. The van der Waals surface area contributed by atoms with E-state index >= 15 is 0 Å². The third kappa shape index (κ3) is 6.52. The summed E-state index contributed by atoms with van der Waals surface area (Å²) in [6.07, 6.45) is 0.439. The van der Waals surface area contributed by atoms with Crippen LogP contribution in [0.15, 0.2) is 60.8 Å². The van der Waals surface area contributed by atoms with Gasteiger partial charge in [0.1, 0.15) is 24.4 Å². The minimum atomic E-state index is -1.41. The van der Waals surface area contributed by atoms with Crippen LogP contribution in [0, 0.1) is 11.2 Å². The van der Waals surface area contributed by atoms with E-state index in [-0.39, 0.29) is 38.0 Å². The van der Waals surface area contributed by atoms with Gasteiger partial charge in [-0.15, -0.1) is 0 Å². The Morgan fingerprint density at radius 3 is 2.40 bits per heavy atom. The van der Waals surface area contributed by atoms with Gasteiger partial charge in [0.05, 0.1) is 24.8 Å². The van der Waals surface area contributed by atoms with Gasteiger partial charge in [-0.05, 0) is 11.5 Å². The topological polar surface area (TPSA) is 73.4 Å². The average molecular weight is 485 g/mol. The second-order valence-corrected chi connectivity index (χ2v) is 9.65. The number of alkyl halides is 1. The molecule has 8 heteroatoms. The number of ether oxygens (including phenoxy) is 1. The molecule has 0 saturated heterocycles. The number of carbonyl (C=O) groups is 1. The van der Waals surface area contributed by atoms with Crippen LogP contribution in [-0.4, -0.2) is 53.3 Å². The highest BCUT2D eigenvalue weighted by Gasteiger charge is 2.39. The summed E-state index contributed by atoms with van der Waals surface area (Å²) < 4.78 is 36.1. The van der Waals surface area contributed by atoms with Crippen molar-refractivity contribution in [3.63, 3.8) is 0 Å². The number of nitrogens with zero attached hydrogens (tertiary/aromatic N) is 3. The van der Waals surface area contributed by atoms with Crippen molar-refractivity contribution < 1.29 is 18.3 Å². The van der Waals surface area contributed by atoms with E-state index in [1.165, 1.54) is 18.1 Å². The highest BCUT2D eigenvalue weighted by atomic mass is 19.1. The highest BCUT2D eigenvalue weighted by molar-refractivity contribution is 5.78. The first-order valence-corrected chi connectivity index (χ1v) is 11.6. The molecule has 0 spiro atoms. The number of rotatable bonds is 10. The average Bonchev–Trinajstić information content (AvgIpc) is 3.23. The van der Waals surface area contributed by atoms with Crippen molar-refractivity contribution in [2.45, 2.75) is 39.5 Å². The standard InChI is InChI=1S/C27H34F2N4O2/c1-27(2,3)25(33(16-21(28)14-30)24(34)18-35-4)26-31-23(19-10-6-5-7-11-19)17-32(26)15-20-12-8-9-13-22(20)29/h5-13,17,21,25H,14-16,18,30H2,1-4H3/t21-,25-/m0/s1. The van der Waals surface area contributed by atoms with E-state index in [0.717, 1.165) is 5.56 Å². The summed E-state index contributed by atoms with van der Waals surface area (Å²) in [6, 6.07) is 15.5. The van der Waals surface area contributed by atoms with Crippen molar-refractivity contribution in [3.05, 3.63) is 78.0 Å². The van der Waals surface area contributed by atoms with E-state index in [2.05, 4.69) is 0 Å². The smallest absolute Gasteiger partial charge is 0.249 e.